The normalized spacial score (nSPS) is 43.9. The van der Waals surface area contributed by atoms with Crippen molar-refractivity contribution in [1.82, 2.24) is 5.32 Å². The van der Waals surface area contributed by atoms with Crippen LogP contribution in [0.5, 0.6) is 0 Å². The molecule has 1 N–H and O–H groups in total. The quantitative estimate of drug-likeness (QED) is 0.613. The van der Waals surface area contributed by atoms with Gasteiger partial charge in [0.25, 0.3) is 0 Å². The maximum atomic E-state index is 5.44. The molecule has 2 heterocycles. The van der Waals surface area contributed by atoms with Crippen LogP contribution in [0.1, 0.15) is 26.2 Å². The molecule has 0 aromatic rings. The molecular formula is C9H17NO. The van der Waals surface area contributed by atoms with Crippen LogP contribution in [-0.4, -0.2) is 25.8 Å². The van der Waals surface area contributed by atoms with E-state index in [9.17, 15) is 0 Å². The van der Waals surface area contributed by atoms with Gasteiger partial charge in [-0.3, -0.25) is 0 Å². The molecule has 0 radical (unpaired) electrons. The van der Waals surface area contributed by atoms with E-state index in [1.807, 2.05) is 0 Å². The molecule has 0 amide bonds. The lowest BCUT2D eigenvalue weighted by molar-refractivity contribution is 0.158. The lowest BCUT2D eigenvalue weighted by atomic mass is 9.84. The second-order valence-electron chi connectivity index (χ2n) is 3.99. The van der Waals surface area contributed by atoms with E-state index in [0.717, 1.165) is 19.3 Å². The fourth-order valence-corrected chi connectivity index (χ4v) is 2.27. The molecule has 0 aliphatic carbocycles. The van der Waals surface area contributed by atoms with Gasteiger partial charge in [0, 0.05) is 24.6 Å². The van der Waals surface area contributed by atoms with E-state index in [4.69, 9.17) is 4.74 Å². The zero-order valence-corrected chi connectivity index (χ0v) is 7.23. The van der Waals surface area contributed by atoms with Crippen molar-refractivity contribution in [3.63, 3.8) is 0 Å². The Morgan fingerprint density at radius 2 is 2.55 bits per heavy atom. The zero-order chi connectivity index (χ0) is 7.73. The minimum Gasteiger partial charge on any atom is -0.381 e. The van der Waals surface area contributed by atoms with Crippen LogP contribution in [0.3, 0.4) is 0 Å². The van der Waals surface area contributed by atoms with Crippen LogP contribution in [0.15, 0.2) is 0 Å². The molecule has 2 aliphatic rings. The molecule has 2 fully saturated rings. The Labute approximate surface area is 68.3 Å². The highest BCUT2D eigenvalue weighted by Gasteiger charge is 2.41. The molecule has 11 heavy (non-hydrogen) atoms. The van der Waals surface area contributed by atoms with Gasteiger partial charge in [0.2, 0.25) is 0 Å². The number of ether oxygens (including phenoxy) is 1. The largest absolute Gasteiger partial charge is 0.381 e. The summed E-state index contributed by atoms with van der Waals surface area (Å²) in [5, 5.41) is 3.56. The minimum atomic E-state index is 0.528. The number of nitrogens with one attached hydrogen (secondary N) is 1. The van der Waals surface area contributed by atoms with Crippen LogP contribution in [0.4, 0.5) is 0 Å². The summed E-state index contributed by atoms with van der Waals surface area (Å²) in [7, 11) is 0. The van der Waals surface area contributed by atoms with Crippen LogP contribution < -0.4 is 5.32 Å². The monoisotopic (exact) mass is 155 g/mol. The van der Waals surface area contributed by atoms with Gasteiger partial charge in [0.1, 0.15) is 0 Å². The molecule has 2 aliphatic heterocycles. The summed E-state index contributed by atoms with van der Waals surface area (Å²) in [6.45, 7) is 5.42. The summed E-state index contributed by atoms with van der Waals surface area (Å²) >= 11 is 0. The highest BCUT2D eigenvalue weighted by molar-refractivity contribution is 4.95. The topological polar surface area (TPSA) is 21.3 Å². The van der Waals surface area contributed by atoms with E-state index in [2.05, 4.69) is 12.2 Å². The van der Waals surface area contributed by atoms with Gasteiger partial charge in [0.15, 0.2) is 0 Å². The molecule has 1 spiro atoms. The van der Waals surface area contributed by atoms with Crippen molar-refractivity contribution in [2.75, 3.05) is 19.8 Å². The Balaban J connectivity index is 1.96. The molecule has 0 aromatic heterocycles. The third-order valence-electron chi connectivity index (χ3n) is 3.12. The Morgan fingerprint density at radius 3 is 3.09 bits per heavy atom. The van der Waals surface area contributed by atoms with Crippen molar-refractivity contribution in [2.45, 2.75) is 32.2 Å². The van der Waals surface area contributed by atoms with Crippen LogP contribution >= 0.6 is 0 Å². The molecule has 0 saturated carbocycles. The Bertz CT molecular complexity index is 140. The lowest BCUT2D eigenvalue weighted by Gasteiger charge is -2.18. The number of hydrogen-bond acceptors (Lipinski definition) is 2. The molecule has 2 heteroatoms. The van der Waals surface area contributed by atoms with Gasteiger partial charge in [-0.2, -0.15) is 0 Å². The van der Waals surface area contributed by atoms with Crippen LogP contribution in [0.25, 0.3) is 0 Å². The van der Waals surface area contributed by atoms with Crippen molar-refractivity contribution in [1.29, 1.82) is 0 Å². The van der Waals surface area contributed by atoms with E-state index in [1.165, 1.54) is 25.8 Å². The highest BCUT2D eigenvalue weighted by Crippen LogP contribution is 2.37. The first-order valence-electron chi connectivity index (χ1n) is 4.66. The zero-order valence-electron chi connectivity index (χ0n) is 7.23. The number of rotatable bonds is 1. The van der Waals surface area contributed by atoms with Crippen LogP contribution in [-0.2, 0) is 4.74 Å². The highest BCUT2D eigenvalue weighted by atomic mass is 16.5. The first-order chi connectivity index (χ1) is 5.35. The molecule has 2 nitrogen and oxygen atoms in total. The van der Waals surface area contributed by atoms with Crippen LogP contribution in [0, 0.1) is 5.41 Å². The third-order valence-corrected chi connectivity index (χ3v) is 3.12. The summed E-state index contributed by atoms with van der Waals surface area (Å²) in [5.41, 5.74) is 0.528. The smallest absolute Gasteiger partial charge is 0.0536 e. The molecule has 0 bridgehead atoms. The van der Waals surface area contributed by atoms with Gasteiger partial charge in [-0.25, -0.2) is 0 Å². The summed E-state index contributed by atoms with van der Waals surface area (Å²) in [6, 6.07) is 0.761. The second-order valence-corrected chi connectivity index (χ2v) is 3.99. The maximum Gasteiger partial charge on any atom is 0.0536 e. The van der Waals surface area contributed by atoms with E-state index in [0.29, 0.717) is 5.41 Å². The van der Waals surface area contributed by atoms with Crippen LogP contribution in [0.2, 0.25) is 0 Å². The van der Waals surface area contributed by atoms with Gasteiger partial charge >= 0.3 is 0 Å². The Kier molecular flexibility index (Phi) is 1.90. The van der Waals surface area contributed by atoms with E-state index >= 15 is 0 Å². The van der Waals surface area contributed by atoms with E-state index in [-0.39, 0.29) is 0 Å². The third kappa shape index (κ3) is 1.30. The molecule has 2 atom stereocenters. The van der Waals surface area contributed by atoms with E-state index in [1.54, 1.807) is 0 Å². The second kappa shape index (κ2) is 2.76. The van der Waals surface area contributed by atoms with Gasteiger partial charge in [-0.05, 0) is 19.3 Å². The molecule has 0 aromatic carbocycles. The molecule has 2 rings (SSSR count). The van der Waals surface area contributed by atoms with Crippen molar-refractivity contribution in [3.8, 4) is 0 Å². The van der Waals surface area contributed by atoms with Gasteiger partial charge in [-0.1, -0.05) is 6.92 Å². The van der Waals surface area contributed by atoms with Crippen molar-refractivity contribution >= 4 is 0 Å². The lowest BCUT2D eigenvalue weighted by Crippen LogP contribution is -2.24. The maximum absolute atomic E-state index is 5.44. The molecule has 2 unspecified atom stereocenters. The predicted octanol–water partition coefficient (Wildman–Crippen LogP) is 1.17. The minimum absolute atomic E-state index is 0.528. The average Bonchev–Trinajstić information content (AvgIpc) is 2.62. The summed E-state index contributed by atoms with van der Waals surface area (Å²) in [6.07, 6.45) is 3.88. The molecule has 64 valence electrons. The summed E-state index contributed by atoms with van der Waals surface area (Å²) < 4.78 is 5.44. The van der Waals surface area contributed by atoms with Gasteiger partial charge in [0.05, 0.1) is 6.61 Å². The fraction of sp³-hybridized carbons (Fsp3) is 1.00. The standard InChI is InChI=1S/C9H17NO/c1-2-8-5-9(6-10-8)3-4-11-7-9/h8,10H,2-7H2,1H3. The van der Waals surface area contributed by atoms with Crippen molar-refractivity contribution < 1.29 is 4.74 Å². The van der Waals surface area contributed by atoms with Crippen molar-refractivity contribution in [2.24, 2.45) is 5.41 Å². The van der Waals surface area contributed by atoms with Gasteiger partial charge in [-0.15, -0.1) is 0 Å². The Morgan fingerprint density at radius 1 is 1.64 bits per heavy atom. The van der Waals surface area contributed by atoms with E-state index < -0.39 is 0 Å². The fourth-order valence-electron chi connectivity index (χ4n) is 2.27. The Hall–Kier alpha value is -0.0800. The number of hydrogen-bond donors (Lipinski definition) is 1. The first kappa shape index (κ1) is 7.56. The molecular weight excluding hydrogens is 138 g/mol. The summed E-state index contributed by atoms with van der Waals surface area (Å²) in [5.74, 6) is 0. The summed E-state index contributed by atoms with van der Waals surface area (Å²) in [4.78, 5) is 0. The average molecular weight is 155 g/mol. The van der Waals surface area contributed by atoms with Gasteiger partial charge < -0.3 is 10.1 Å². The predicted molar refractivity (Wildman–Crippen MR) is 44.6 cm³/mol. The first-order valence-corrected chi connectivity index (χ1v) is 4.66. The molecule has 2 saturated heterocycles. The van der Waals surface area contributed by atoms with Crippen molar-refractivity contribution in [3.05, 3.63) is 0 Å². The SMILES string of the molecule is CCC1CC2(CCOC2)CN1.